The highest BCUT2D eigenvalue weighted by atomic mass is 35.5. The summed E-state index contributed by atoms with van der Waals surface area (Å²) < 4.78 is 5.20. The standard InChI is InChI=1S/C15H9ClN2O2/c16-10-4-3-5-11(8-10)20-15(19)14-9-17-12-6-1-2-7-13(12)18-14/h1-9H. The molecule has 0 bridgehead atoms. The van der Waals surface area contributed by atoms with Gasteiger partial charge in [0.25, 0.3) is 0 Å². The van der Waals surface area contributed by atoms with Crippen LogP contribution in [0, 0.1) is 0 Å². The van der Waals surface area contributed by atoms with Gasteiger partial charge >= 0.3 is 5.97 Å². The Bertz CT molecular complexity index is 789. The topological polar surface area (TPSA) is 52.1 Å². The summed E-state index contributed by atoms with van der Waals surface area (Å²) in [6.45, 7) is 0. The first kappa shape index (κ1) is 12.6. The Hall–Kier alpha value is -2.46. The first-order valence-corrected chi connectivity index (χ1v) is 6.30. The summed E-state index contributed by atoms with van der Waals surface area (Å²) in [5.74, 6) is -0.192. The maximum absolute atomic E-state index is 12.0. The number of esters is 1. The lowest BCUT2D eigenvalue weighted by Gasteiger charge is -2.04. The number of benzene rings is 2. The van der Waals surface area contributed by atoms with Crippen LogP contribution in [0.4, 0.5) is 0 Å². The molecule has 0 saturated heterocycles. The van der Waals surface area contributed by atoms with Crippen molar-refractivity contribution >= 4 is 28.6 Å². The Morgan fingerprint density at radius 3 is 2.65 bits per heavy atom. The lowest BCUT2D eigenvalue weighted by Crippen LogP contribution is -2.11. The molecule has 0 amide bonds. The second-order valence-electron chi connectivity index (χ2n) is 4.09. The molecule has 0 radical (unpaired) electrons. The number of carbonyl (C=O) groups is 1. The molecule has 98 valence electrons. The Morgan fingerprint density at radius 2 is 1.85 bits per heavy atom. The third-order valence-corrected chi connectivity index (χ3v) is 2.90. The fourth-order valence-electron chi connectivity index (χ4n) is 1.75. The van der Waals surface area contributed by atoms with Gasteiger partial charge < -0.3 is 4.74 Å². The van der Waals surface area contributed by atoms with E-state index in [-0.39, 0.29) is 5.69 Å². The van der Waals surface area contributed by atoms with Crippen molar-refractivity contribution < 1.29 is 9.53 Å². The van der Waals surface area contributed by atoms with Crippen LogP contribution in [0.25, 0.3) is 11.0 Å². The van der Waals surface area contributed by atoms with E-state index in [0.717, 1.165) is 5.52 Å². The van der Waals surface area contributed by atoms with E-state index in [2.05, 4.69) is 9.97 Å². The number of rotatable bonds is 2. The molecular weight excluding hydrogens is 276 g/mol. The first-order valence-electron chi connectivity index (χ1n) is 5.92. The lowest BCUT2D eigenvalue weighted by atomic mass is 10.3. The Kier molecular flexibility index (Phi) is 3.31. The molecule has 3 aromatic rings. The van der Waals surface area contributed by atoms with E-state index < -0.39 is 5.97 Å². The van der Waals surface area contributed by atoms with Crippen molar-refractivity contribution in [3.63, 3.8) is 0 Å². The van der Waals surface area contributed by atoms with Crippen LogP contribution in [0.3, 0.4) is 0 Å². The zero-order chi connectivity index (χ0) is 13.9. The van der Waals surface area contributed by atoms with Crippen LogP contribution < -0.4 is 4.74 Å². The molecule has 0 saturated carbocycles. The van der Waals surface area contributed by atoms with Crippen LogP contribution in [0.1, 0.15) is 10.5 Å². The molecule has 3 rings (SSSR count). The van der Waals surface area contributed by atoms with Crippen LogP contribution in [-0.2, 0) is 0 Å². The SMILES string of the molecule is O=C(Oc1cccc(Cl)c1)c1cnc2ccccc2n1. The Morgan fingerprint density at radius 1 is 1.05 bits per heavy atom. The maximum atomic E-state index is 12.0. The number of ether oxygens (including phenoxy) is 1. The molecule has 0 atom stereocenters. The molecule has 20 heavy (non-hydrogen) atoms. The lowest BCUT2D eigenvalue weighted by molar-refractivity contribution is 0.0728. The van der Waals surface area contributed by atoms with Gasteiger partial charge in [-0.2, -0.15) is 0 Å². The highest BCUT2D eigenvalue weighted by Crippen LogP contribution is 2.18. The molecule has 0 aliphatic heterocycles. The van der Waals surface area contributed by atoms with Crippen LogP contribution in [0.2, 0.25) is 5.02 Å². The summed E-state index contributed by atoms with van der Waals surface area (Å²) in [6, 6.07) is 13.9. The van der Waals surface area contributed by atoms with Gasteiger partial charge in [-0.05, 0) is 30.3 Å². The van der Waals surface area contributed by atoms with Crippen LogP contribution >= 0.6 is 11.6 Å². The zero-order valence-electron chi connectivity index (χ0n) is 10.3. The van der Waals surface area contributed by atoms with Gasteiger partial charge in [-0.1, -0.05) is 29.8 Å². The van der Waals surface area contributed by atoms with Crippen molar-refractivity contribution in [2.24, 2.45) is 0 Å². The fraction of sp³-hybridized carbons (Fsp3) is 0. The van der Waals surface area contributed by atoms with Gasteiger partial charge in [0, 0.05) is 5.02 Å². The van der Waals surface area contributed by atoms with E-state index in [1.807, 2.05) is 18.2 Å². The van der Waals surface area contributed by atoms with Crippen LogP contribution in [-0.4, -0.2) is 15.9 Å². The number of carbonyl (C=O) groups excluding carboxylic acids is 1. The summed E-state index contributed by atoms with van der Waals surface area (Å²) >= 11 is 5.83. The molecule has 5 heteroatoms. The number of hydrogen-bond acceptors (Lipinski definition) is 4. The van der Waals surface area contributed by atoms with Gasteiger partial charge in [0.1, 0.15) is 5.75 Å². The van der Waals surface area contributed by atoms with Gasteiger partial charge in [0.15, 0.2) is 5.69 Å². The van der Waals surface area contributed by atoms with E-state index in [1.54, 1.807) is 30.3 Å². The Labute approximate surface area is 120 Å². The minimum Gasteiger partial charge on any atom is -0.422 e. The van der Waals surface area contributed by atoms with Crippen molar-refractivity contribution in [2.45, 2.75) is 0 Å². The number of nitrogens with zero attached hydrogens (tertiary/aromatic N) is 2. The van der Waals surface area contributed by atoms with E-state index in [1.165, 1.54) is 6.20 Å². The largest absolute Gasteiger partial charge is 0.422 e. The molecule has 4 nitrogen and oxygen atoms in total. The molecular formula is C15H9ClN2O2. The minimum atomic E-state index is -0.564. The highest BCUT2D eigenvalue weighted by Gasteiger charge is 2.12. The van der Waals surface area contributed by atoms with Gasteiger partial charge in [0.05, 0.1) is 17.2 Å². The molecule has 2 aromatic carbocycles. The van der Waals surface area contributed by atoms with E-state index in [0.29, 0.717) is 16.3 Å². The number of fused-ring (bicyclic) bond motifs is 1. The second-order valence-corrected chi connectivity index (χ2v) is 4.53. The summed E-state index contributed by atoms with van der Waals surface area (Å²) in [7, 11) is 0. The molecule has 0 aliphatic rings. The van der Waals surface area contributed by atoms with Crippen molar-refractivity contribution in [1.29, 1.82) is 0 Å². The van der Waals surface area contributed by atoms with E-state index >= 15 is 0 Å². The molecule has 0 fully saturated rings. The quantitative estimate of drug-likeness (QED) is 0.534. The molecule has 0 spiro atoms. The predicted molar refractivity (Wildman–Crippen MR) is 75.9 cm³/mol. The summed E-state index contributed by atoms with van der Waals surface area (Å²) in [5, 5.41) is 0.500. The minimum absolute atomic E-state index is 0.156. The molecule has 0 aliphatic carbocycles. The van der Waals surface area contributed by atoms with Crippen LogP contribution in [0.5, 0.6) is 5.75 Å². The third kappa shape index (κ3) is 2.60. The predicted octanol–water partition coefficient (Wildman–Crippen LogP) is 3.50. The molecule has 1 heterocycles. The van der Waals surface area contributed by atoms with Crippen molar-refractivity contribution in [1.82, 2.24) is 9.97 Å². The monoisotopic (exact) mass is 284 g/mol. The third-order valence-electron chi connectivity index (χ3n) is 2.66. The summed E-state index contributed by atoms with van der Waals surface area (Å²) in [4.78, 5) is 20.4. The average molecular weight is 285 g/mol. The highest BCUT2D eigenvalue weighted by molar-refractivity contribution is 6.30. The van der Waals surface area contributed by atoms with Gasteiger partial charge in [-0.25, -0.2) is 9.78 Å². The maximum Gasteiger partial charge on any atom is 0.363 e. The van der Waals surface area contributed by atoms with Crippen molar-refractivity contribution in [2.75, 3.05) is 0 Å². The smallest absolute Gasteiger partial charge is 0.363 e. The molecule has 0 unspecified atom stereocenters. The summed E-state index contributed by atoms with van der Waals surface area (Å²) in [5.41, 5.74) is 1.53. The average Bonchev–Trinajstić information content (AvgIpc) is 2.47. The van der Waals surface area contributed by atoms with Gasteiger partial charge in [0.2, 0.25) is 0 Å². The van der Waals surface area contributed by atoms with Crippen molar-refractivity contribution in [3.8, 4) is 5.75 Å². The van der Waals surface area contributed by atoms with Gasteiger partial charge in [-0.3, -0.25) is 4.98 Å². The molecule has 0 N–H and O–H groups in total. The van der Waals surface area contributed by atoms with Crippen molar-refractivity contribution in [3.05, 3.63) is 65.4 Å². The number of para-hydroxylation sites is 2. The normalized spacial score (nSPS) is 10.4. The number of hydrogen-bond donors (Lipinski definition) is 0. The van der Waals surface area contributed by atoms with Gasteiger partial charge in [-0.15, -0.1) is 0 Å². The van der Waals surface area contributed by atoms with E-state index in [9.17, 15) is 4.79 Å². The molecule has 1 aromatic heterocycles. The second kappa shape index (κ2) is 5.27. The summed E-state index contributed by atoms with van der Waals surface area (Å²) in [6.07, 6.45) is 1.40. The number of halogens is 1. The Balaban J connectivity index is 1.88. The van der Waals surface area contributed by atoms with E-state index in [4.69, 9.17) is 16.3 Å². The zero-order valence-corrected chi connectivity index (χ0v) is 11.0. The first-order chi connectivity index (χ1) is 9.72. The fourth-order valence-corrected chi connectivity index (χ4v) is 1.93. The number of aromatic nitrogens is 2. The van der Waals surface area contributed by atoms with Crippen LogP contribution in [0.15, 0.2) is 54.7 Å².